The molecule has 0 aromatic heterocycles. The molecule has 6 heteroatoms. The van der Waals surface area contributed by atoms with Crippen LogP contribution in [0.1, 0.15) is 24.8 Å². The lowest BCUT2D eigenvalue weighted by molar-refractivity contribution is -0.134. The second-order valence-electron chi connectivity index (χ2n) is 6.67. The summed E-state index contributed by atoms with van der Waals surface area (Å²) in [7, 11) is 1.68. The summed E-state index contributed by atoms with van der Waals surface area (Å²) >= 11 is 0. The molecule has 5 nitrogen and oxygen atoms in total. The Morgan fingerprint density at radius 3 is 2.50 bits per heavy atom. The van der Waals surface area contributed by atoms with Gasteiger partial charge < -0.3 is 20.1 Å². The van der Waals surface area contributed by atoms with E-state index in [2.05, 4.69) is 17.4 Å². The lowest BCUT2D eigenvalue weighted by atomic mass is 9.90. The van der Waals surface area contributed by atoms with Gasteiger partial charge in [0, 0.05) is 19.6 Å². The van der Waals surface area contributed by atoms with Gasteiger partial charge in [-0.05, 0) is 49.3 Å². The van der Waals surface area contributed by atoms with Crippen LogP contribution in [0.4, 0.5) is 0 Å². The number of nitrogens with one attached hydrogen (secondary N) is 1. The summed E-state index contributed by atoms with van der Waals surface area (Å²) in [5.41, 5.74) is 1.33. The molecule has 24 heavy (non-hydrogen) atoms. The van der Waals surface area contributed by atoms with E-state index in [1.807, 2.05) is 17.0 Å². The Hall–Kier alpha value is -1.30. The van der Waals surface area contributed by atoms with Crippen molar-refractivity contribution in [2.24, 2.45) is 5.92 Å². The van der Waals surface area contributed by atoms with Gasteiger partial charge in [0.1, 0.15) is 5.75 Å². The predicted octanol–water partition coefficient (Wildman–Crippen LogP) is 1.62. The van der Waals surface area contributed by atoms with Crippen molar-refractivity contribution < 1.29 is 14.6 Å². The molecule has 0 spiro atoms. The van der Waals surface area contributed by atoms with Gasteiger partial charge in [0.2, 0.25) is 5.91 Å². The topological polar surface area (TPSA) is 61.8 Å². The molecule has 0 aliphatic carbocycles. The first-order valence-electron chi connectivity index (χ1n) is 8.49. The normalized spacial score (nSPS) is 24.5. The number of β-amino-alcohol motifs (C(OH)–C–C–N with tert-alkyl or cyclic N) is 1. The van der Waals surface area contributed by atoms with Gasteiger partial charge in [-0.3, -0.25) is 4.79 Å². The van der Waals surface area contributed by atoms with E-state index in [4.69, 9.17) is 4.74 Å². The monoisotopic (exact) mass is 354 g/mol. The molecule has 2 aliphatic heterocycles. The van der Waals surface area contributed by atoms with Crippen LogP contribution in [0.5, 0.6) is 5.75 Å². The highest BCUT2D eigenvalue weighted by atomic mass is 35.5. The molecule has 2 fully saturated rings. The number of amides is 1. The first-order valence-corrected chi connectivity index (χ1v) is 8.49. The fourth-order valence-corrected chi connectivity index (χ4v) is 3.58. The van der Waals surface area contributed by atoms with E-state index in [0.717, 1.165) is 38.1 Å². The van der Waals surface area contributed by atoms with Gasteiger partial charge in [0.25, 0.3) is 0 Å². The first-order chi connectivity index (χ1) is 11.2. The Labute approximate surface area is 149 Å². The molecular weight excluding hydrogens is 328 g/mol. The van der Waals surface area contributed by atoms with Crippen molar-refractivity contribution in [3.63, 3.8) is 0 Å². The van der Waals surface area contributed by atoms with E-state index in [1.54, 1.807) is 7.11 Å². The molecule has 1 aromatic rings. The van der Waals surface area contributed by atoms with Crippen LogP contribution >= 0.6 is 12.4 Å². The Morgan fingerprint density at radius 2 is 1.96 bits per heavy atom. The predicted molar refractivity (Wildman–Crippen MR) is 95.7 cm³/mol. The van der Waals surface area contributed by atoms with Gasteiger partial charge in [0.05, 0.1) is 19.3 Å². The van der Waals surface area contributed by atoms with Crippen molar-refractivity contribution in [2.45, 2.75) is 37.8 Å². The maximum atomic E-state index is 12.4. The minimum atomic E-state index is -0.378. The average Bonchev–Trinajstić information content (AvgIpc) is 3.02. The molecule has 0 radical (unpaired) electrons. The average molecular weight is 355 g/mol. The maximum Gasteiger partial charge on any atom is 0.239 e. The first kappa shape index (κ1) is 19.0. The van der Waals surface area contributed by atoms with Crippen LogP contribution in [-0.4, -0.2) is 54.8 Å². The van der Waals surface area contributed by atoms with Gasteiger partial charge in [-0.25, -0.2) is 0 Å². The van der Waals surface area contributed by atoms with E-state index in [0.29, 0.717) is 18.9 Å². The number of benzene rings is 1. The van der Waals surface area contributed by atoms with E-state index in [9.17, 15) is 9.90 Å². The lowest BCUT2D eigenvalue weighted by Crippen LogP contribution is -2.47. The number of ether oxygens (including phenoxy) is 1. The molecule has 2 heterocycles. The molecule has 0 bridgehead atoms. The third kappa shape index (κ3) is 4.62. The highest BCUT2D eigenvalue weighted by Crippen LogP contribution is 2.24. The Morgan fingerprint density at radius 1 is 1.29 bits per heavy atom. The zero-order valence-electron chi connectivity index (χ0n) is 14.1. The van der Waals surface area contributed by atoms with Crippen LogP contribution in [0.2, 0.25) is 0 Å². The number of hydrogen-bond donors (Lipinski definition) is 2. The van der Waals surface area contributed by atoms with Crippen LogP contribution < -0.4 is 10.1 Å². The number of methoxy groups -OCH3 is 1. The zero-order valence-corrected chi connectivity index (χ0v) is 14.9. The minimum Gasteiger partial charge on any atom is -0.497 e. The number of piperidine rings is 1. The van der Waals surface area contributed by atoms with Gasteiger partial charge in [-0.1, -0.05) is 12.1 Å². The smallest absolute Gasteiger partial charge is 0.239 e. The SMILES string of the molecule is COc1ccc(CC2CCN(C(=O)C3CC(O)CN3)CC2)cc1.Cl. The molecule has 1 amide bonds. The number of halogens is 1. The van der Waals surface area contributed by atoms with E-state index < -0.39 is 0 Å². The summed E-state index contributed by atoms with van der Waals surface area (Å²) in [5, 5.41) is 12.7. The number of nitrogens with zero attached hydrogens (tertiary/aromatic N) is 1. The number of aliphatic hydroxyl groups excluding tert-OH is 1. The van der Waals surface area contributed by atoms with Crippen LogP contribution in [0, 0.1) is 5.92 Å². The number of carbonyl (C=O) groups excluding carboxylic acids is 1. The summed E-state index contributed by atoms with van der Waals surface area (Å²) in [6, 6.07) is 8.07. The third-order valence-electron chi connectivity index (χ3n) is 5.02. The highest BCUT2D eigenvalue weighted by Gasteiger charge is 2.32. The highest BCUT2D eigenvalue weighted by molar-refractivity contribution is 5.85. The lowest BCUT2D eigenvalue weighted by Gasteiger charge is -2.33. The number of hydrogen-bond acceptors (Lipinski definition) is 4. The van der Waals surface area contributed by atoms with E-state index in [-0.39, 0.29) is 30.5 Å². The van der Waals surface area contributed by atoms with Gasteiger partial charge in [0.15, 0.2) is 0 Å². The molecule has 2 saturated heterocycles. The number of carbonyl (C=O) groups is 1. The summed E-state index contributed by atoms with van der Waals surface area (Å²) in [6.45, 7) is 2.19. The molecule has 2 aliphatic rings. The van der Waals surface area contributed by atoms with Gasteiger partial charge in [-0.15, -0.1) is 12.4 Å². The summed E-state index contributed by atoms with van der Waals surface area (Å²) in [5.74, 6) is 1.68. The molecular formula is C18H27ClN2O3. The van der Waals surface area contributed by atoms with E-state index >= 15 is 0 Å². The van der Waals surface area contributed by atoms with Gasteiger partial charge >= 0.3 is 0 Å². The molecule has 134 valence electrons. The molecule has 2 atom stereocenters. The maximum absolute atomic E-state index is 12.4. The fraction of sp³-hybridized carbons (Fsp3) is 0.611. The minimum absolute atomic E-state index is 0. The van der Waals surface area contributed by atoms with Crippen LogP contribution in [0.3, 0.4) is 0 Å². The molecule has 1 aromatic carbocycles. The number of aliphatic hydroxyl groups is 1. The number of rotatable bonds is 4. The largest absolute Gasteiger partial charge is 0.497 e. The van der Waals surface area contributed by atoms with Crippen molar-refractivity contribution in [1.82, 2.24) is 10.2 Å². The fourth-order valence-electron chi connectivity index (χ4n) is 3.58. The Balaban J connectivity index is 0.00000208. The second-order valence-corrected chi connectivity index (χ2v) is 6.67. The third-order valence-corrected chi connectivity index (χ3v) is 5.02. The second kappa shape index (κ2) is 8.70. The number of likely N-dealkylation sites (tertiary alicyclic amines) is 1. The van der Waals surface area contributed by atoms with Crippen molar-refractivity contribution in [1.29, 1.82) is 0 Å². The summed E-state index contributed by atoms with van der Waals surface area (Å²) < 4.78 is 5.19. The van der Waals surface area contributed by atoms with Gasteiger partial charge in [-0.2, -0.15) is 0 Å². The Bertz CT molecular complexity index is 530. The standard InChI is InChI=1S/C18H26N2O3.ClH/c1-23-16-4-2-13(3-5-16)10-14-6-8-20(9-7-14)18(22)17-11-15(21)12-19-17;/h2-5,14-15,17,19,21H,6-12H2,1H3;1H. The Kier molecular flexibility index (Phi) is 6.90. The van der Waals surface area contributed by atoms with Crippen LogP contribution in [0.25, 0.3) is 0 Å². The quantitative estimate of drug-likeness (QED) is 0.862. The van der Waals surface area contributed by atoms with Crippen molar-refractivity contribution >= 4 is 18.3 Å². The van der Waals surface area contributed by atoms with E-state index in [1.165, 1.54) is 5.56 Å². The van der Waals surface area contributed by atoms with Crippen LogP contribution in [-0.2, 0) is 11.2 Å². The van der Waals surface area contributed by atoms with Crippen molar-refractivity contribution in [3.8, 4) is 5.75 Å². The molecule has 2 N–H and O–H groups in total. The summed E-state index contributed by atoms with van der Waals surface area (Å²) in [6.07, 6.45) is 3.33. The molecule has 0 saturated carbocycles. The van der Waals surface area contributed by atoms with Crippen LogP contribution in [0.15, 0.2) is 24.3 Å². The molecule has 2 unspecified atom stereocenters. The molecule has 3 rings (SSSR count). The summed E-state index contributed by atoms with van der Waals surface area (Å²) in [4.78, 5) is 14.4. The van der Waals surface area contributed by atoms with Crippen molar-refractivity contribution in [3.05, 3.63) is 29.8 Å². The van der Waals surface area contributed by atoms with Crippen molar-refractivity contribution in [2.75, 3.05) is 26.7 Å². The zero-order chi connectivity index (χ0) is 16.2.